The Kier molecular flexibility index (Phi) is 3.39. The third kappa shape index (κ3) is 2.25. The second-order valence-electron chi connectivity index (χ2n) is 3.15. The highest BCUT2D eigenvalue weighted by Crippen LogP contribution is 2.37. The van der Waals surface area contributed by atoms with E-state index < -0.39 is 36.0 Å². The molecule has 0 aliphatic carbocycles. The first-order valence-corrected chi connectivity index (χ1v) is 4.24. The van der Waals surface area contributed by atoms with E-state index in [9.17, 15) is 22.7 Å². The fraction of sp³-hybridized carbons (Fsp3) is 0.333. The first-order chi connectivity index (χ1) is 7.29. The van der Waals surface area contributed by atoms with Crippen LogP contribution in [0.2, 0.25) is 0 Å². The number of alkyl halides is 3. The SMILES string of the molecule is N[C@H](CO)c1ccc(C(F)(F)F)c(F)c1O. The van der Waals surface area contributed by atoms with Crippen LogP contribution in [0, 0.1) is 5.82 Å². The number of rotatable bonds is 2. The molecule has 1 aromatic carbocycles. The van der Waals surface area contributed by atoms with E-state index >= 15 is 0 Å². The van der Waals surface area contributed by atoms with E-state index in [0.717, 1.165) is 6.07 Å². The molecule has 0 spiro atoms. The Morgan fingerprint density at radius 1 is 1.31 bits per heavy atom. The molecule has 0 amide bonds. The Hall–Kier alpha value is -1.34. The van der Waals surface area contributed by atoms with Gasteiger partial charge in [0.05, 0.1) is 18.2 Å². The predicted molar refractivity (Wildman–Crippen MR) is 47.1 cm³/mol. The smallest absolute Gasteiger partial charge is 0.419 e. The van der Waals surface area contributed by atoms with Gasteiger partial charge >= 0.3 is 6.18 Å². The van der Waals surface area contributed by atoms with Crippen LogP contribution in [0.15, 0.2) is 12.1 Å². The molecule has 4 N–H and O–H groups in total. The van der Waals surface area contributed by atoms with Crippen LogP contribution >= 0.6 is 0 Å². The lowest BCUT2D eigenvalue weighted by Crippen LogP contribution is -2.16. The summed E-state index contributed by atoms with van der Waals surface area (Å²) < 4.78 is 49.8. The molecule has 0 bridgehead atoms. The van der Waals surface area contributed by atoms with Gasteiger partial charge in [-0.1, -0.05) is 6.07 Å². The standard InChI is InChI=1S/C9H9F4NO2/c10-7-5(9(11,12)13)2-1-4(8(7)16)6(14)3-15/h1-2,6,15-16H,3,14H2/t6-/m1/s1. The van der Waals surface area contributed by atoms with E-state index in [4.69, 9.17) is 10.8 Å². The van der Waals surface area contributed by atoms with Gasteiger partial charge in [0, 0.05) is 5.56 Å². The molecule has 1 rings (SSSR count). The normalized spacial score (nSPS) is 13.9. The van der Waals surface area contributed by atoms with Gasteiger partial charge in [0.2, 0.25) is 0 Å². The minimum Gasteiger partial charge on any atom is -0.505 e. The predicted octanol–water partition coefficient (Wildman–Crippen LogP) is 1.54. The van der Waals surface area contributed by atoms with E-state index in [1.165, 1.54) is 0 Å². The quantitative estimate of drug-likeness (QED) is 0.686. The topological polar surface area (TPSA) is 66.5 Å². The summed E-state index contributed by atoms with van der Waals surface area (Å²) in [4.78, 5) is 0. The van der Waals surface area contributed by atoms with E-state index in [1.807, 2.05) is 0 Å². The van der Waals surface area contributed by atoms with E-state index in [2.05, 4.69) is 0 Å². The third-order valence-electron chi connectivity index (χ3n) is 2.05. The van der Waals surface area contributed by atoms with Crippen LogP contribution in [0.1, 0.15) is 17.2 Å². The fourth-order valence-corrected chi connectivity index (χ4v) is 1.20. The van der Waals surface area contributed by atoms with Gasteiger partial charge in [-0.05, 0) is 6.07 Å². The number of halogens is 4. The van der Waals surface area contributed by atoms with Crippen LogP contribution in [-0.2, 0) is 6.18 Å². The molecule has 0 radical (unpaired) electrons. The number of hydrogen-bond acceptors (Lipinski definition) is 3. The molecular weight excluding hydrogens is 230 g/mol. The van der Waals surface area contributed by atoms with Gasteiger partial charge in [0.25, 0.3) is 0 Å². The number of nitrogens with two attached hydrogens (primary N) is 1. The van der Waals surface area contributed by atoms with Crippen LogP contribution < -0.4 is 5.73 Å². The van der Waals surface area contributed by atoms with Gasteiger partial charge in [0.15, 0.2) is 11.6 Å². The van der Waals surface area contributed by atoms with Crippen molar-refractivity contribution in [2.75, 3.05) is 6.61 Å². The maximum absolute atomic E-state index is 13.1. The Labute approximate surface area is 88.1 Å². The molecule has 0 saturated carbocycles. The summed E-state index contributed by atoms with van der Waals surface area (Å²) in [5, 5.41) is 17.8. The molecule has 16 heavy (non-hydrogen) atoms. The second kappa shape index (κ2) is 4.26. The van der Waals surface area contributed by atoms with Crippen molar-refractivity contribution in [2.45, 2.75) is 12.2 Å². The van der Waals surface area contributed by atoms with Crippen molar-refractivity contribution in [2.24, 2.45) is 5.73 Å². The number of phenolic OH excluding ortho intramolecular Hbond substituents is 1. The summed E-state index contributed by atoms with van der Waals surface area (Å²) >= 11 is 0. The lowest BCUT2D eigenvalue weighted by molar-refractivity contribution is -0.140. The van der Waals surface area contributed by atoms with E-state index in [1.54, 1.807) is 0 Å². The molecule has 90 valence electrons. The summed E-state index contributed by atoms with van der Waals surface area (Å²) in [7, 11) is 0. The Morgan fingerprint density at radius 2 is 1.88 bits per heavy atom. The van der Waals surface area contributed by atoms with Crippen LogP contribution in [-0.4, -0.2) is 16.8 Å². The van der Waals surface area contributed by atoms with Crippen LogP contribution in [0.5, 0.6) is 5.75 Å². The zero-order valence-electron chi connectivity index (χ0n) is 7.92. The van der Waals surface area contributed by atoms with Crippen LogP contribution in [0.3, 0.4) is 0 Å². The molecule has 0 aliphatic heterocycles. The molecule has 0 heterocycles. The van der Waals surface area contributed by atoms with Crippen LogP contribution in [0.25, 0.3) is 0 Å². The Morgan fingerprint density at radius 3 is 2.31 bits per heavy atom. The summed E-state index contributed by atoms with van der Waals surface area (Å²) in [5.41, 5.74) is 3.42. The molecule has 0 fully saturated rings. The molecule has 0 aromatic heterocycles. The minimum atomic E-state index is -4.89. The van der Waals surface area contributed by atoms with Crippen molar-refractivity contribution in [3.8, 4) is 5.75 Å². The highest BCUT2D eigenvalue weighted by molar-refractivity contribution is 5.41. The number of aliphatic hydroxyl groups is 1. The van der Waals surface area contributed by atoms with Gasteiger partial charge in [-0.15, -0.1) is 0 Å². The number of phenols is 1. The lowest BCUT2D eigenvalue weighted by Gasteiger charge is -2.14. The molecule has 1 aromatic rings. The maximum atomic E-state index is 13.1. The van der Waals surface area contributed by atoms with Gasteiger partial charge in [0.1, 0.15) is 0 Å². The minimum absolute atomic E-state index is 0.270. The maximum Gasteiger partial charge on any atom is 0.419 e. The molecule has 0 unspecified atom stereocenters. The van der Waals surface area contributed by atoms with Crippen molar-refractivity contribution < 1.29 is 27.8 Å². The largest absolute Gasteiger partial charge is 0.505 e. The number of aliphatic hydroxyl groups excluding tert-OH is 1. The van der Waals surface area contributed by atoms with Gasteiger partial charge in [-0.25, -0.2) is 4.39 Å². The summed E-state index contributed by atoms with van der Waals surface area (Å²) in [6, 6.07) is 0.180. The molecule has 0 saturated heterocycles. The summed E-state index contributed by atoms with van der Waals surface area (Å²) in [5.74, 6) is -2.97. The Balaban J connectivity index is 3.29. The van der Waals surface area contributed by atoms with E-state index in [0.29, 0.717) is 6.07 Å². The first kappa shape index (κ1) is 12.7. The third-order valence-corrected chi connectivity index (χ3v) is 2.05. The van der Waals surface area contributed by atoms with Gasteiger partial charge in [-0.2, -0.15) is 13.2 Å². The molecule has 7 heteroatoms. The van der Waals surface area contributed by atoms with Crippen molar-refractivity contribution in [3.05, 3.63) is 29.1 Å². The zero-order valence-corrected chi connectivity index (χ0v) is 7.92. The van der Waals surface area contributed by atoms with Crippen LogP contribution in [0.4, 0.5) is 17.6 Å². The fourth-order valence-electron chi connectivity index (χ4n) is 1.20. The summed E-state index contributed by atoms with van der Waals surface area (Å²) in [6.07, 6.45) is -4.89. The molecule has 1 atom stereocenters. The highest BCUT2D eigenvalue weighted by atomic mass is 19.4. The van der Waals surface area contributed by atoms with Gasteiger partial charge < -0.3 is 15.9 Å². The van der Waals surface area contributed by atoms with Crippen molar-refractivity contribution in [1.82, 2.24) is 0 Å². The second-order valence-corrected chi connectivity index (χ2v) is 3.15. The highest BCUT2D eigenvalue weighted by Gasteiger charge is 2.36. The Bertz CT molecular complexity index is 392. The number of benzene rings is 1. The van der Waals surface area contributed by atoms with Crippen molar-refractivity contribution >= 4 is 0 Å². The zero-order chi connectivity index (χ0) is 12.5. The van der Waals surface area contributed by atoms with Crippen molar-refractivity contribution in [3.63, 3.8) is 0 Å². The first-order valence-electron chi connectivity index (χ1n) is 4.24. The average Bonchev–Trinajstić information content (AvgIpc) is 2.19. The molecular formula is C9H9F4NO2. The van der Waals surface area contributed by atoms with E-state index in [-0.39, 0.29) is 5.56 Å². The number of hydrogen-bond donors (Lipinski definition) is 3. The number of aromatic hydroxyl groups is 1. The van der Waals surface area contributed by atoms with Crippen molar-refractivity contribution in [1.29, 1.82) is 0 Å². The van der Waals surface area contributed by atoms with Gasteiger partial charge in [-0.3, -0.25) is 0 Å². The average molecular weight is 239 g/mol. The summed E-state index contributed by atoms with van der Waals surface area (Å²) in [6.45, 7) is -0.613. The molecule has 3 nitrogen and oxygen atoms in total. The lowest BCUT2D eigenvalue weighted by atomic mass is 10.0. The monoisotopic (exact) mass is 239 g/mol. The molecule has 0 aliphatic rings.